The lowest BCUT2D eigenvalue weighted by Crippen LogP contribution is -2.27. The average molecular weight is 281 g/mol. The Kier molecular flexibility index (Phi) is 5.89. The minimum Gasteiger partial charge on any atom is -0.480 e. The van der Waals surface area contributed by atoms with Gasteiger partial charge in [0.1, 0.15) is 5.25 Å². The molecule has 0 heterocycles. The molecular weight excluding hydrogens is 262 g/mol. The Bertz CT molecular complexity index is 460. The van der Waals surface area contributed by atoms with Crippen molar-refractivity contribution in [2.75, 3.05) is 6.54 Å². The van der Waals surface area contributed by atoms with E-state index >= 15 is 0 Å². The summed E-state index contributed by atoms with van der Waals surface area (Å²) in [5.41, 5.74) is 0.529. The Balaban J connectivity index is 2.83. The molecule has 1 aromatic rings. The number of benzene rings is 1. The first-order valence-electron chi connectivity index (χ1n) is 6.18. The van der Waals surface area contributed by atoms with E-state index in [2.05, 4.69) is 5.32 Å². The number of amides is 1. The summed E-state index contributed by atoms with van der Waals surface area (Å²) in [4.78, 5) is 23.6. The smallest absolute Gasteiger partial charge is 0.316 e. The molecule has 1 amide bonds. The van der Waals surface area contributed by atoms with Crippen LogP contribution in [0.5, 0.6) is 0 Å². The topological polar surface area (TPSA) is 66.4 Å². The summed E-state index contributed by atoms with van der Waals surface area (Å²) in [6, 6.07) is 7.07. The SMILES string of the molecule is CC(C)CNC(=O)c1ccccc1SC(C)C(=O)O. The zero-order valence-electron chi connectivity index (χ0n) is 11.3. The van der Waals surface area contributed by atoms with Crippen molar-refractivity contribution in [3.63, 3.8) is 0 Å². The largest absolute Gasteiger partial charge is 0.480 e. The van der Waals surface area contributed by atoms with Gasteiger partial charge in [-0.2, -0.15) is 0 Å². The van der Waals surface area contributed by atoms with E-state index in [-0.39, 0.29) is 5.91 Å². The Hall–Kier alpha value is -1.49. The van der Waals surface area contributed by atoms with Crippen LogP contribution in [0.2, 0.25) is 0 Å². The molecule has 19 heavy (non-hydrogen) atoms. The molecule has 1 rings (SSSR count). The maximum atomic E-state index is 12.0. The van der Waals surface area contributed by atoms with Gasteiger partial charge >= 0.3 is 5.97 Å². The third-order valence-corrected chi connectivity index (χ3v) is 3.62. The van der Waals surface area contributed by atoms with E-state index in [1.807, 2.05) is 13.8 Å². The number of thioether (sulfide) groups is 1. The Morgan fingerprint density at radius 1 is 1.26 bits per heavy atom. The normalized spacial score (nSPS) is 12.2. The van der Waals surface area contributed by atoms with Gasteiger partial charge in [0, 0.05) is 11.4 Å². The Labute approximate surface area is 117 Å². The van der Waals surface area contributed by atoms with Crippen LogP contribution in [0.15, 0.2) is 29.2 Å². The quantitative estimate of drug-likeness (QED) is 0.787. The number of nitrogens with one attached hydrogen (secondary N) is 1. The van der Waals surface area contributed by atoms with Crippen molar-refractivity contribution >= 4 is 23.6 Å². The van der Waals surface area contributed by atoms with Crippen molar-refractivity contribution in [2.45, 2.75) is 30.9 Å². The van der Waals surface area contributed by atoms with Gasteiger partial charge in [-0.05, 0) is 25.0 Å². The maximum absolute atomic E-state index is 12.0. The van der Waals surface area contributed by atoms with Gasteiger partial charge in [-0.15, -0.1) is 11.8 Å². The summed E-state index contributed by atoms with van der Waals surface area (Å²) >= 11 is 1.18. The monoisotopic (exact) mass is 281 g/mol. The van der Waals surface area contributed by atoms with Crippen molar-refractivity contribution in [2.24, 2.45) is 5.92 Å². The van der Waals surface area contributed by atoms with Gasteiger partial charge in [-0.25, -0.2) is 0 Å². The van der Waals surface area contributed by atoms with Gasteiger partial charge < -0.3 is 10.4 Å². The fourth-order valence-electron chi connectivity index (χ4n) is 1.39. The van der Waals surface area contributed by atoms with Crippen molar-refractivity contribution in [3.8, 4) is 0 Å². The number of carbonyl (C=O) groups is 2. The number of hydrogen-bond acceptors (Lipinski definition) is 3. The summed E-state index contributed by atoms with van der Waals surface area (Å²) in [5.74, 6) is -0.668. The second-order valence-corrected chi connectivity index (χ2v) is 6.08. The number of aliphatic carboxylic acids is 1. The highest BCUT2D eigenvalue weighted by Crippen LogP contribution is 2.26. The lowest BCUT2D eigenvalue weighted by molar-refractivity contribution is -0.136. The predicted octanol–water partition coefficient (Wildman–Crippen LogP) is 2.64. The van der Waals surface area contributed by atoms with Gasteiger partial charge in [0.25, 0.3) is 5.91 Å². The third kappa shape index (κ3) is 4.95. The van der Waals surface area contributed by atoms with Crippen LogP contribution in [0.3, 0.4) is 0 Å². The van der Waals surface area contributed by atoms with E-state index in [4.69, 9.17) is 5.11 Å². The molecule has 0 saturated heterocycles. The van der Waals surface area contributed by atoms with Crippen LogP contribution >= 0.6 is 11.8 Å². The zero-order valence-corrected chi connectivity index (χ0v) is 12.2. The molecule has 1 aromatic carbocycles. The zero-order chi connectivity index (χ0) is 14.4. The molecule has 0 fully saturated rings. The van der Waals surface area contributed by atoms with Gasteiger partial charge in [-0.1, -0.05) is 26.0 Å². The molecule has 1 unspecified atom stereocenters. The number of hydrogen-bond donors (Lipinski definition) is 2. The minimum absolute atomic E-state index is 0.158. The minimum atomic E-state index is -0.887. The van der Waals surface area contributed by atoms with Crippen molar-refractivity contribution in [1.82, 2.24) is 5.32 Å². The van der Waals surface area contributed by atoms with E-state index in [1.165, 1.54) is 11.8 Å². The van der Waals surface area contributed by atoms with Crippen LogP contribution in [0.25, 0.3) is 0 Å². The van der Waals surface area contributed by atoms with Gasteiger partial charge in [0.05, 0.1) is 5.56 Å². The fourth-order valence-corrected chi connectivity index (χ4v) is 2.32. The molecule has 0 spiro atoms. The molecule has 1 atom stereocenters. The van der Waals surface area contributed by atoms with Gasteiger partial charge in [-0.3, -0.25) is 9.59 Å². The highest BCUT2D eigenvalue weighted by atomic mass is 32.2. The third-order valence-electron chi connectivity index (χ3n) is 2.45. The van der Waals surface area contributed by atoms with E-state index in [0.29, 0.717) is 22.9 Å². The number of rotatable bonds is 6. The summed E-state index contributed by atoms with van der Waals surface area (Å²) in [7, 11) is 0. The standard InChI is InChI=1S/C14H19NO3S/c1-9(2)8-15-13(16)11-6-4-5-7-12(11)19-10(3)14(17)18/h4-7,9-10H,8H2,1-3H3,(H,15,16)(H,17,18). The van der Waals surface area contributed by atoms with Crippen molar-refractivity contribution in [1.29, 1.82) is 0 Å². The average Bonchev–Trinajstić information content (AvgIpc) is 2.36. The van der Waals surface area contributed by atoms with Crippen LogP contribution in [0.1, 0.15) is 31.1 Å². The van der Waals surface area contributed by atoms with Crippen LogP contribution in [0, 0.1) is 5.92 Å². The molecule has 4 nitrogen and oxygen atoms in total. The molecule has 0 aromatic heterocycles. The second-order valence-electron chi connectivity index (χ2n) is 4.70. The molecule has 0 aliphatic rings. The number of carbonyl (C=O) groups excluding carboxylic acids is 1. The van der Waals surface area contributed by atoms with Crippen molar-refractivity contribution in [3.05, 3.63) is 29.8 Å². The van der Waals surface area contributed by atoms with E-state index in [1.54, 1.807) is 31.2 Å². The van der Waals surface area contributed by atoms with Crippen molar-refractivity contribution < 1.29 is 14.7 Å². The number of carboxylic acid groups (broad SMARTS) is 1. The van der Waals surface area contributed by atoms with E-state index in [0.717, 1.165) is 0 Å². The van der Waals surface area contributed by atoms with Crippen LogP contribution in [-0.2, 0) is 4.79 Å². The van der Waals surface area contributed by atoms with Gasteiger partial charge in [0.15, 0.2) is 0 Å². The molecular formula is C14H19NO3S. The Morgan fingerprint density at radius 2 is 1.89 bits per heavy atom. The first-order valence-corrected chi connectivity index (χ1v) is 7.06. The summed E-state index contributed by atoms with van der Waals surface area (Å²) in [6.07, 6.45) is 0. The summed E-state index contributed by atoms with van der Waals surface area (Å²) in [5, 5.41) is 11.2. The first kappa shape index (κ1) is 15.6. The van der Waals surface area contributed by atoms with E-state index in [9.17, 15) is 9.59 Å². The second kappa shape index (κ2) is 7.19. The molecule has 0 saturated carbocycles. The highest BCUT2D eigenvalue weighted by molar-refractivity contribution is 8.00. The molecule has 0 aliphatic carbocycles. The molecule has 2 N–H and O–H groups in total. The van der Waals surface area contributed by atoms with Gasteiger partial charge in [0.2, 0.25) is 0 Å². The van der Waals surface area contributed by atoms with Crippen LogP contribution in [0.4, 0.5) is 0 Å². The lowest BCUT2D eigenvalue weighted by atomic mass is 10.2. The summed E-state index contributed by atoms with van der Waals surface area (Å²) < 4.78 is 0. The molecule has 0 radical (unpaired) electrons. The molecule has 5 heteroatoms. The fraction of sp³-hybridized carbons (Fsp3) is 0.429. The number of carboxylic acids is 1. The highest BCUT2D eigenvalue weighted by Gasteiger charge is 2.17. The predicted molar refractivity (Wildman–Crippen MR) is 76.6 cm³/mol. The Morgan fingerprint density at radius 3 is 2.47 bits per heavy atom. The first-order chi connectivity index (χ1) is 8.91. The van der Waals surface area contributed by atoms with E-state index < -0.39 is 11.2 Å². The molecule has 0 bridgehead atoms. The summed E-state index contributed by atoms with van der Waals surface area (Å²) in [6.45, 7) is 6.25. The maximum Gasteiger partial charge on any atom is 0.316 e. The molecule has 0 aliphatic heterocycles. The lowest BCUT2D eigenvalue weighted by Gasteiger charge is -2.12. The van der Waals surface area contributed by atoms with Crippen LogP contribution < -0.4 is 5.32 Å². The van der Waals surface area contributed by atoms with Crippen LogP contribution in [-0.4, -0.2) is 28.8 Å². The molecule has 104 valence electrons.